The minimum Gasteiger partial charge on any atom is -0.329 e. The average molecular weight is 237 g/mol. The Balaban J connectivity index is 4.60. The van der Waals surface area contributed by atoms with Crippen molar-refractivity contribution >= 4 is 10.2 Å². The van der Waals surface area contributed by atoms with Gasteiger partial charge in [-0.1, -0.05) is 13.8 Å². The SMILES string of the molecule is CC(C)CNS(=O)(=O)N(C)C(C)(C)CN. The summed E-state index contributed by atoms with van der Waals surface area (Å²) in [4.78, 5) is 0. The molecule has 0 atom stereocenters. The number of nitrogens with two attached hydrogens (primary N) is 1. The second kappa shape index (κ2) is 5.25. The Bertz CT molecular complexity index is 286. The van der Waals surface area contributed by atoms with Gasteiger partial charge in [0.2, 0.25) is 0 Å². The highest BCUT2D eigenvalue weighted by Gasteiger charge is 2.31. The van der Waals surface area contributed by atoms with Crippen LogP contribution < -0.4 is 10.5 Å². The molecule has 0 fully saturated rings. The van der Waals surface area contributed by atoms with E-state index in [1.54, 1.807) is 13.8 Å². The molecule has 3 N–H and O–H groups in total. The fourth-order valence-electron chi connectivity index (χ4n) is 0.823. The van der Waals surface area contributed by atoms with E-state index in [2.05, 4.69) is 4.72 Å². The molecule has 0 heterocycles. The van der Waals surface area contributed by atoms with Crippen molar-refractivity contribution in [2.45, 2.75) is 33.2 Å². The summed E-state index contributed by atoms with van der Waals surface area (Å²) >= 11 is 0. The molecular formula is C9H23N3O2S. The van der Waals surface area contributed by atoms with E-state index < -0.39 is 15.7 Å². The largest absolute Gasteiger partial charge is 0.329 e. The van der Waals surface area contributed by atoms with Crippen molar-refractivity contribution in [1.82, 2.24) is 9.03 Å². The van der Waals surface area contributed by atoms with Gasteiger partial charge in [-0.25, -0.2) is 4.72 Å². The van der Waals surface area contributed by atoms with E-state index in [1.807, 2.05) is 13.8 Å². The highest BCUT2D eigenvalue weighted by Crippen LogP contribution is 2.13. The molecule has 0 bridgehead atoms. The van der Waals surface area contributed by atoms with Crippen LogP contribution in [0.25, 0.3) is 0 Å². The molecule has 5 nitrogen and oxygen atoms in total. The van der Waals surface area contributed by atoms with Crippen LogP contribution in [-0.2, 0) is 10.2 Å². The zero-order chi connectivity index (χ0) is 12.3. The number of nitrogens with one attached hydrogen (secondary N) is 1. The van der Waals surface area contributed by atoms with Crippen molar-refractivity contribution in [1.29, 1.82) is 0 Å². The second-order valence-corrected chi connectivity index (χ2v) is 6.52. The van der Waals surface area contributed by atoms with Gasteiger partial charge in [0.05, 0.1) is 0 Å². The summed E-state index contributed by atoms with van der Waals surface area (Å²) in [5.74, 6) is 0.286. The molecule has 15 heavy (non-hydrogen) atoms. The van der Waals surface area contributed by atoms with Gasteiger partial charge in [0.1, 0.15) is 0 Å². The highest BCUT2D eigenvalue weighted by molar-refractivity contribution is 7.87. The summed E-state index contributed by atoms with van der Waals surface area (Å²) in [6, 6.07) is 0. The maximum atomic E-state index is 11.8. The highest BCUT2D eigenvalue weighted by atomic mass is 32.2. The van der Waals surface area contributed by atoms with Gasteiger partial charge in [0, 0.05) is 25.7 Å². The van der Waals surface area contributed by atoms with Gasteiger partial charge in [-0.3, -0.25) is 0 Å². The van der Waals surface area contributed by atoms with Crippen molar-refractivity contribution in [2.24, 2.45) is 11.7 Å². The summed E-state index contributed by atoms with van der Waals surface area (Å²) in [6.07, 6.45) is 0. The average Bonchev–Trinajstić information content (AvgIpc) is 2.13. The third kappa shape index (κ3) is 4.46. The number of hydrogen-bond donors (Lipinski definition) is 2. The van der Waals surface area contributed by atoms with Gasteiger partial charge in [-0.05, 0) is 19.8 Å². The predicted molar refractivity (Wildman–Crippen MR) is 62.7 cm³/mol. The van der Waals surface area contributed by atoms with E-state index in [-0.39, 0.29) is 12.5 Å². The molecule has 0 rings (SSSR count). The fourth-order valence-corrected chi connectivity index (χ4v) is 2.29. The van der Waals surface area contributed by atoms with Crippen LogP contribution in [0.3, 0.4) is 0 Å². The Morgan fingerprint density at radius 2 is 1.87 bits per heavy atom. The van der Waals surface area contributed by atoms with Crippen LogP contribution in [-0.4, -0.2) is 38.4 Å². The zero-order valence-electron chi connectivity index (χ0n) is 10.2. The third-order valence-corrected chi connectivity index (χ3v) is 4.13. The monoisotopic (exact) mass is 237 g/mol. The van der Waals surface area contributed by atoms with E-state index in [0.717, 1.165) is 0 Å². The van der Waals surface area contributed by atoms with Crippen LogP contribution in [0.5, 0.6) is 0 Å². The molecule has 0 aromatic rings. The molecule has 0 aromatic carbocycles. The smallest absolute Gasteiger partial charge is 0.279 e. The van der Waals surface area contributed by atoms with Gasteiger partial charge in [0.15, 0.2) is 0 Å². The summed E-state index contributed by atoms with van der Waals surface area (Å²) in [7, 11) is -1.88. The van der Waals surface area contributed by atoms with Gasteiger partial charge >= 0.3 is 0 Å². The molecule has 0 saturated carbocycles. The topological polar surface area (TPSA) is 75.4 Å². The molecule has 0 aliphatic rings. The van der Waals surface area contributed by atoms with Gasteiger partial charge in [0.25, 0.3) is 10.2 Å². The molecule has 0 aromatic heterocycles. The number of likely N-dealkylation sites (N-methyl/N-ethyl adjacent to an activating group) is 1. The van der Waals surface area contributed by atoms with Crippen molar-refractivity contribution in [3.63, 3.8) is 0 Å². The lowest BCUT2D eigenvalue weighted by atomic mass is 10.1. The quantitative estimate of drug-likeness (QED) is 0.690. The molecule has 0 aliphatic carbocycles. The molecule has 0 radical (unpaired) electrons. The van der Waals surface area contributed by atoms with Crippen molar-refractivity contribution < 1.29 is 8.42 Å². The van der Waals surface area contributed by atoms with E-state index in [4.69, 9.17) is 5.73 Å². The maximum absolute atomic E-state index is 11.8. The Labute approximate surface area is 93.2 Å². The molecule has 0 spiro atoms. The molecular weight excluding hydrogens is 214 g/mol. The Morgan fingerprint density at radius 1 is 1.40 bits per heavy atom. The molecule has 0 amide bonds. The normalized spacial score (nSPS) is 13.9. The lowest BCUT2D eigenvalue weighted by molar-refractivity contribution is 0.270. The summed E-state index contributed by atoms with van der Waals surface area (Å²) in [5.41, 5.74) is 4.96. The number of rotatable bonds is 6. The van der Waals surface area contributed by atoms with Crippen LogP contribution in [0, 0.1) is 5.92 Å². The minimum atomic E-state index is -3.42. The maximum Gasteiger partial charge on any atom is 0.279 e. The van der Waals surface area contributed by atoms with Gasteiger partial charge in [-0.15, -0.1) is 0 Å². The van der Waals surface area contributed by atoms with E-state index in [0.29, 0.717) is 6.54 Å². The van der Waals surface area contributed by atoms with Crippen LogP contribution in [0.2, 0.25) is 0 Å². The standard InChI is InChI=1S/C9H23N3O2S/c1-8(2)6-11-15(13,14)12(5)9(3,4)7-10/h8,11H,6-7,10H2,1-5H3. The first-order chi connectivity index (χ1) is 6.63. The van der Waals surface area contributed by atoms with E-state index in [9.17, 15) is 8.42 Å². The third-order valence-electron chi connectivity index (χ3n) is 2.39. The molecule has 6 heteroatoms. The molecule has 0 unspecified atom stereocenters. The fraction of sp³-hybridized carbons (Fsp3) is 1.00. The first-order valence-electron chi connectivity index (χ1n) is 5.07. The van der Waals surface area contributed by atoms with Crippen molar-refractivity contribution in [3.05, 3.63) is 0 Å². The Hall–Kier alpha value is -0.170. The van der Waals surface area contributed by atoms with E-state index >= 15 is 0 Å². The predicted octanol–water partition coefficient (Wildman–Crippen LogP) is 0.146. The number of hydrogen-bond acceptors (Lipinski definition) is 3. The Morgan fingerprint density at radius 3 is 2.20 bits per heavy atom. The molecule has 92 valence electrons. The lowest BCUT2D eigenvalue weighted by Gasteiger charge is -2.33. The van der Waals surface area contributed by atoms with Crippen LogP contribution in [0.4, 0.5) is 0 Å². The summed E-state index contributed by atoms with van der Waals surface area (Å²) in [6.45, 7) is 8.22. The summed E-state index contributed by atoms with van der Waals surface area (Å²) in [5, 5.41) is 0. The first-order valence-corrected chi connectivity index (χ1v) is 6.51. The lowest BCUT2D eigenvalue weighted by Crippen LogP contribution is -2.53. The summed E-state index contributed by atoms with van der Waals surface area (Å²) < 4.78 is 27.4. The minimum absolute atomic E-state index is 0.284. The molecule has 0 aliphatic heterocycles. The van der Waals surface area contributed by atoms with Crippen molar-refractivity contribution in [2.75, 3.05) is 20.1 Å². The van der Waals surface area contributed by atoms with Crippen LogP contribution >= 0.6 is 0 Å². The Kier molecular flexibility index (Phi) is 5.19. The van der Waals surface area contributed by atoms with Crippen LogP contribution in [0.15, 0.2) is 0 Å². The van der Waals surface area contributed by atoms with Gasteiger partial charge in [-0.2, -0.15) is 12.7 Å². The second-order valence-electron chi connectivity index (χ2n) is 4.73. The number of nitrogens with zero attached hydrogens (tertiary/aromatic N) is 1. The first kappa shape index (κ1) is 14.8. The van der Waals surface area contributed by atoms with Crippen LogP contribution in [0.1, 0.15) is 27.7 Å². The zero-order valence-corrected chi connectivity index (χ0v) is 11.1. The molecule has 0 saturated heterocycles. The van der Waals surface area contributed by atoms with Crippen molar-refractivity contribution in [3.8, 4) is 0 Å². The van der Waals surface area contributed by atoms with E-state index in [1.165, 1.54) is 11.4 Å². The van der Waals surface area contributed by atoms with Gasteiger partial charge < -0.3 is 5.73 Å².